The lowest BCUT2D eigenvalue weighted by atomic mass is 10.1. The molecule has 1 aromatic heterocycles. The highest BCUT2D eigenvalue weighted by molar-refractivity contribution is 5.09. The Morgan fingerprint density at radius 3 is 2.79 bits per heavy atom. The predicted molar refractivity (Wildman–Crippen MR) is 76.0 cm³/mol. The summed E-state index contributed by atoms with van der Waals surface area (Å²) in [7, 11) is 1.75. The Labute approximate surface area is 115 Å². The Kier molecular flexibility index (Phi) is 4.96. The SMILES string of the molecule is COCCN(C1CC1)C(CN)c1cncn1C(C)C. The van der Waals surface area contributed by atoms with E-state index < -0.39 is 0 Å². The fourth-order valence-corrected chi connectivity index (χ4v) is 2.63. The van der Waals surface area contributed by atoms with E-state index in [4.69, 9.17) is 10.5 Å². The summed E-state index contributed by atoms with van der Waals surface area (Å²) in [6, 6.07) is 1.32. The van der Waals surface area contributed by atoms with Crippen LogP contribution in [0, 0.1) is 0 Å². The third-order valence-corrected chi connectivity index (χ3v) is 3.79. The van der Waals surface area contributed by atoms with Gasteiger partial charge in [0.1, 0.15) is 0 Å². The number of hydrogen-bond acceptors (Lipinski definition) is 4. The van der Waals surface area contributed by atoms with Gasteiger partial charge in [0.25, 0.3) is 0 Å². The number of nitrogens with two attached hydrogens (primary N) is 1. The quantitative estimate of drug-likeness (QED) is 0.776. The first kappa shape index (κ1) is 14.5. The lowest BCUT2D eigenvalue weighted by Gasteiger charge is -2.32. The molecular weight excluding hydrogens is 240 g/mol. The topological polar surface area (TPSA) is 56.3 Å². The van der Waals surface area contributed by atoms with Gasteiger partial charge in [0, 0.05) is 38.5 Å². The van der Waals surface area contributed by atoms with E-state index in [1.807, 2.05) is 12.5 Å². The van der Waals surface area contributed by atoms with Gasteiger partial charge < -0.3 is 15.0 Å². The fraction of sp³-hybridized carbons (Fsp3) is 0.786. The first-order chi connectivity index (χ1) is 9.19. The molecule has 0 aliphatic heterocycles. The van der Waals surface area contributed by atoms with Crippen LogP contribution in [-0.4, -0.2) is 47.3 Å². The molecule has 5 nitrogen and oxygen atoms in total. The Bertz CT molecular complexity index is 387. The summed E-state index contributed by atoms with van der Waals surface area (Å²) in [5.41, 5.74) is 7.27. The number of imidazole rings is 1. The van der Waals surface area contributed by atoms with Crippen LogP contribution in [-0.2, 0) is 4.74 Å². The second-order valence-corrected chi connectivity index (χ2v) is 5.53. The van der Waals surface area contributed by atoms with Crippen LogP contribution in [0.15, 0.2) is 12.5 Å². The molecule has 0 radical (unpaired) electrons. The minimum absolute atomic E-state index is 0.243. The molecule has 108 valence electrons. The highest BCUT2D eigenvalue weighted by atomic mass is 16.5. The number of aromatic nitrogens is 2. The molecule has 1 saturated carbocycles. The van der Waals surface area contributed by atoms with Gasteiger partial charge in [0.2, 0.25) is 0 Å². The van der Waals surface area contributed by atoms with E-state index in [0.717, 1.165) is 13.2 Å². The molecule has 1 aliphatic carbocycles. The number of nitrogens with zero attached hydrogens (tertiary/aromatic N) is 3. The monoisotopic (exact) mass is 266 g/mol. The van der Waals surface area contributed by atoms with Crippen LogP contribution in [0.1, 0.15) is 44.5 Å². The number of methoxy groups -OCH3 is 1. The minimum Gasteiger partial charge on any atom is -0.383 e. The molecule has 0 bridgehead atoms. The Morgan fingerprint density at radius 2 is 2.26 bits per heavy atom. The summed E-state index contributed by atoms with van der Waals surface area (Å²) in [4.78, 5) is 6.79. The smallest absolute Gasteiger partial charge is 0.0951 e. The standard InChI is InChI=1S/C14H26N4O/c1-11(2)18-10-16-9-14(18)13(8-15)17(6-7-19-3)12-4-5-12/h9-13H,4-8,15H2,1-3H3. The highest BCUT2D eigenvalue weighted by Gasteiger charge is 2.35. The first-order valence-electron chi connectivity index (χ1n) is 7.15. The van der Waals surface area contributed by atoms with Gasteiger partial charge >= 0.3 is 0 Å². The van der Waals surface area contributed by atoms with Crippen LogP contribution in [0.4, 0.5) is 0 Å². The van der Waals surface area contributed by atoms with Gasteiger partial charge in [0.15, 0.2) is 0 Å². The molecule has 1 unspecified atom stereocenters. The average Bonchev–Trinajstić information content (AvgIpc) is 3.11. The van der Waals surface area contributed by atoms with Gasteiger partial charge in [0.05, 0.1) is 24.7 Å². The second-order valence-electron chi connectivity index (χ2n) is 5.53. The van der Waals surface area contributed by atoms with Crippen molar-refractivity contribution >= 4 is 0 Å². The fourth-order valence-electron chi connectivity index (χ4n) is 2.63. The third kappa shape index (κ3) is 3.35. The zero-order valence-electron chi connectivity index (χ0n) is 12.2. The summed E-state index contributed by atoms with van der Waals surface area (Å²) in [6.45, 7) is 6.67. The lowest BCUT2D eigenvalue weighted by molar-refractivity contribution is 0.112. The van der Waals surface area contributed by atoms with E-state index in [-0.39, 0.29) is 6.04 Å². The third-order valence-electron chi connectivity index (χ3n) is 3.79. The maximum Gasteiger partial charge on any atom is 0.0951 e. The van der Waals surface area contributed by atoms with Crippen molar-refractivity contribution < 1.29 is 4.74 Å². The normalized spacial score (nSPS) is 17.4. The summed E-state index contributed by atoms with van der Waals surface area (Å²) >= 11 is 0. The van der Waals surface area contributed by atoms with Crippen molar-refractivity contribution in [3.8, 4) is 0 Å². The van der Waals surface area contributed by atoms with Crippen LogP contribution in [0.5, 0.6) is 0 Å². The highest BCUT2D eigenvalue weighted by Crippen LogP contribution is 2.34. The first-order valence-corrected chi connectivity index (χ1v) is 7.15. The van der Waals surface area contributed by atoms with E-state index in [2.05, 4.69) is 28.3 Å². The molecule has 0 amide bonds. The molecule has 2 N–H and O–H groups in total. The van der Waals surface area contributed by atoms with Crippen molar-refractivity contribution in [3.05, 3.63) is 18.2 Å². The number of hydrogen-bond donors (Lipinski definition) is 1. The molecule has 5 heteroatoms. The molecule has 1 atom stereocenters. The second kappa shape index (κ2) is 6.50. The number of ether oxygens (including phenoxy) is 1. The zero-order chi connectivity index (χ0) is 13.8. The average molecular weight is 266 g/mol. The van der Waals surface area contributed by atoms with Crippen molar-refractivity contribution in [3.63, 3.8) is 0 Å². The van der Waals surface area contributed by atoms with Gasteiger partial charge in [-0.25, -0.2) is 4.98 Å². The summed E-state index contributed by atoms with van der Waals surface area (Å²) in [5, 5.41) is 0. The van der Waals surface area contributed by atoms with E-state index in [0.29, 0.717) is 18.6 Å². The molecule has 0 aromatic carbocycles. The Hall–Kier alpha value is -0.910. The van der Waals surface area contributed by atoms with Gasteiger partial charge in [-0.1, -0.05) is 0 Å². The number of rotatable bonds is 8. The predicted octanol–water partition coefficient (Wildman–Crippen LogP) is 1.57. The molecule has 19 heavy (non-hydrogen) atoms. The molecule has 0 saturated heterocycles. The molecule has 1 fully saturated rings. The maximum absolute atomic E-state index is 6.05. The van der Waals surface area contributed by atoms with Crippen LogP contribution in [0.25, 0.3) is 0 Å². The molecule has 1 heterocycles. The van der Waals surface area contributed by atoms with E-state index in [1.54, 1.807) is 7.11 Å². The van der Waals surface area contributed by atoms with Gasteiger partial charge in [-0.3, -0.25) is 4.90 Å². The van der Waals surface area contributed by atoms with E-state index in [9.17, 15) is 0 Å². The van der Waals surface area contributed by atoms with E-state index >= 15 is 0 Å². The van der Waals surface area contributed by atoms with Gasteiger partial charge in [-0.2, -0.15) is 0 Å². The molecule has 2 rings (SSSR count). The van der Waals surface area contributed by atoms with Crippen molar-refractivity contribution in [2.45, 2.75) is 44.8 Å². The van der Waals surface area contributed by atoms with Crippen molar-refractivity contribution in [2.24, 2.45) is 5.73 Å². The molecule has 1 aliphatic rings. The largest absolute Gasteiger partial charge is 0.383 e. The maximum atomic E-state index is 6.05. The Morgan fingerprint density at radius 1 is 1.53 bits per heavy atom. The summed E-state index contributed by atoms with van der Waals surface area (Å²) < 4.78 is 7.46. The van der Waals surface area contributed by atoms with Crippen molar-refractivity contribution in [2.75, 3.05) is 26.8 Å². The summed E-state index contributed by atoms with van der Waals surface area (Å²) in [5.74, 6) is 0. The van der Waals surface area contributed by atoms with Crippen molar-refractivity contribution in [1.29, 1.82) is 0 Å². The van der Waals surface area contributed by atoms with E-state index in [1.165, 1.54) is 18.5 Å². The van der Waals surface area contributed by atoms with Crippen LogP contribution < -0.4 is 5.73 Å². The minimum atomic E-state index is 0.243. The Balaban J connectivity index is 2.18. The van der Waals surface area contributed by atoms with Gasteiger partial charge in [-0.15, -0.1) is 0 Å². The van der Waals surface area contributed by atoms with Crippen LogP contribution in [0.3, 0.4) is 0 Å². The lowest BCUT2D eigenvalue weighted by Crippen LogP contribution is -2.38. The van der Waals surface area contributed by atoms with Crippen LogP contribution >= 0.6 is 0 Å². The zero-order valence-corrected chi connectivity index (χ0v) is 12.2. The molecular formula is C14H26N4O. The van der Waals surface area contributed by atoms with Crippen molar-refractivity contribution in [1.82, 2.24) is 14.5 Å². The summed E-state index contributed by atoms with van der Waals surface area (Å²) in [6.07, 6.45) is 6.41. The van der Waals surface area contributed by atoms with Crippen LogP contribution in [0.2, 0.25) is 0 Å². The molecule has 0 spiro atoms. The van der Waals surface area contributed by atoms with Gasteiger partial charge in [-0.05, 0) is 26.7 Å². The molecule has 1 aromatic rings.